The topological polar surface area (TPSA) is 0 Å². The van der Waals surface area contributed by atoms with Crippen LogP contribution in [0, 0.1) is 0 Å². The van der Waals surface area contributed by atoms with E-state index < -0.39 is 0 Å². The largest absolute Gasteiger partial charge is 0.0881 e. The number of hydrogen-bond acceptors (Lipinski definition) is 0. The average Bonchev–Trinajstić information content (AvgIpc) is 2.61. The third-order valence-corrected chi connectivity index (χ3v) is 3.82. The van der Waals surface area contributed by atoms with Crippen LogP contribution in [-0.2, 0) is 0 Å². The summed E-state index contributed by atoms with van der Waals surface area (Å²) >= 11 is 3.78. The van der Waals surface area contributed by atoms with Crippen molar-refractivity contribution in [2.45, 2.75) is 30.5 Å². The normalized spacial score (nSPS) is 20.9. The minimum atomic E-state index is 0.575. The Morgan fingerprint density at radius 1 is 1.36 bits per heavy atom. The number of halogens is 1. The lowest BCUT2D eigenvalue weighted by molar-refractivity contribution is 0.697. The molecule has 1 aromatic carbocycles. The molecule has 1 heteroatoms. The molecule has 2 unspecified atom stereocenters. The summed E-state index contributed by atoms with van der Waals surface area (Å²) in [6.45, 7) is 2.23. The van der Waals surface area contributed by atoms with Crippen molar-refractivity contribution < 1.29 is 0 Å². The van der Waals surface area contributed by atoms with Crippen LogP contribution >= 0.6 is 15.9 Å². The van der Waals surface area contributed by atoms with Gasteiger partial charge >= 0.3 is 0 Å². The fraction of sp³-hybridized carbons (Fsp3) is 0.385. The second kappa shape index (κ2) is 4.31. The monoisotopic (exact) mass is 250 g/mol. The highest BCUT2D eigenvalue weighted by Crippen LogP contribution is 2.36. The molecule has 0 aromatic heterocycles. The van der Waals surface area contributed by atoms with Crippen LogP contribution in [0.1, 0.15) is 36.8 Å². The lowest BCUT2D eigenvalue weighted by Gasteiger charge is -2.16. The van der Waals surface area contributed by atoms with Gasteiger partial charge < -0.3 is 0 Å². The van der Waals surface area contributed by atoms with Crippen LogP contribution in [0.4, 0.5) is 0 Å². The molecule has 0 amide bonds. The molecular weight excluding hydrogens is 236 g/mol. The molecule has 0 aliphatic heterocycles. The zero-order chi connectivity index (χ0) is 9.97. The first-order chi connectivity index (χ1) is 6.83. The molecule has 0 bridgehead atoms. The minimum Gasteiger partial charge on any atom is -0.0881 e. The van der Waals surface area contributed by atoms with Gasteiger partial charge in [0.25, 0.3) is 0 Å². The molecule has 2 rings (SSSR count). The van der Waals surface area contributed by atoms with Gasteiger partial charge in [-0.15, -0.1) is 0 Å². The molecule has 0 N–H and O–H groups in total. The zero-order valence-corrected chi connectivity index (χ0v) is 10.00. The third-order valence-electron chi connectivity index (χ3n) is 2.79. The van der Waals surface area contributed by atoms with Crippen LogP contribution in [0.5, 0.6) is 0 Å². The maximum absolute atomic E-state index is 3.78. The molecule has 0 spiro atoms. The standard InChI is InChI=1S/C13H15Br/c1-2-5-13(14)12-9-8-10-6-3-4-7-11(10)12/h3-4,6-9,12-13H,2,5H2,1H3. The molecule has 0 saturated carbocycles. The van der Waals surface area contributed by atoms with Crippen molar-refractivity contribution in [2.24, 2.45) is 0 Å². The third kappa shape index (κ3) is 1.78. The Morgan fingerprint density at radius 3 is 2.93 bits per heavy atom. The van der Waals surface area contributed by atoms with E-state index in [9.17, 15) is 0 Å². The quantitative estimate of drug-likeness (QED) is 0.700. The number of fused-ring (bicyclic) bond motifs is 1. The van der Waals surface area contributed by atoms with Gasteiger partial charge in [0, 0.05) is 10.7 Å². The van der Waals surface area contributed by atoms with E-state index in [-0.39, 0.29) is 0 Å². The fourth-order valence-electron chi connectivity index (χ4n) is 2.05. The van der Waals surface area contributed by atoms with E-state index in [2.05, 4.69) is 59.3 Å². The van der Waals surface area contributed by atoms with Gasteiger partial charge in [-0.25, -0.2) is 0 Å². The molecule has 0 radical (unpaired) electrons. The highest BCUT2D eigenvalue weighted by atomic mass is 79.9. The van der Waals surface area contributed by atoms with Crippen LogP contribution in [0.25, 0.3) is 6.08 Å². The average molecular weight is 251 g/mol. The first kappa shape index (κ1) is 9.97. The molecule has 1 aliphatic carbocycles. The zero-order valence-electron chi connectivity index (χ0n) is 8.41. The van der Waals surface area contributed by atoms with Crippen LogP contribution in [0.3, 0.4) is 0 Å². The van der Waals surface area contributed by atoms with E-state index in [4.69, 9.17) is 0 Å². The fourth-order valence-corrected chi connectivity index (χ4v) is 2.97. The van der Waals surface area contributed by atoms with E-state index in [1.807, 2.05) is 0 Å². The summed E-state index contributed by atoms with van der Waals surface area (Å²) < 4.78 is 0. The Labute approximate surface area is 94.2 Å². The van der Waals surface area contributed by atoms with Crippen LogP contribution < -0.4 is 0 Å². The van der Waals surface area contributed by atoms with Crippen molar-refractivity contribution in [3.05, 3.63) is 41.5 Å². The molecule has 74 valence electrons. The van der Waals surface area contributed by atoms with Crippen molar-refractivity contribution in [1.82, 2.24) is 0 Å². The van der Waals surface area contributed by atoms with Crippen molar-refractivity contribution in [1.29, 1.82) is 0 Å². The van der Waals surface area contributed by atoms with Gasteiger partial charge in [0.2, 0.25) is 0 Å². The molecule has 2 atom stereocenters. The number of rotatable bonds is 3. The highest BCUT2D eigenvalue weighted by molar-refractivity contribution is 9.09. The van der Waals surface area contributed by atoms with Crippen molar-refractivity contribution in [3.8, 4) is 0 Å². The van der Waals surface area contributed by atoms with E-state index in [0.717, 1.165) is 0 Å². The second-order valence-electron chi connectivity index (χ2n) is 3.82. The second-order valence-corrected chi connectivity index (χ2v) is 4.99. The predicted molar refractivity (Wildman–Crippen MR) is 65.8 cm³/mol. The highest BCUT2D eigenvalue weighted by Gasteiger charge is 2.22. The number of alkyl halides is 1. The summed E-state index contributed by atoms with van der Waals surface area (Å²) in [5.74, 6) is 0.575. The molecular formula is C13H15Br. The van der Waals surface area contributed by atoms with E-state index in [1.165, 1.54) is 24.0 Å². The Balaban J connectivity index is 2.21. The first-order valence-electron chi connectivity index (χ1n) is 5.24. The van der Waals surface area contributed by atoms with E-state index in [0.29, 0.717) is 10.7 Å². The van der Waals surface area contributed by atoms with Gasteiger partial charge in [0.05, 0.1) is 0 Å². The Bertz CT molecular complexity index is 341. The Morgan fingerprint density at radius 2 is 2.14 bits per heavy atom. The van der Waals surface area contributed by atoms with Gasteiger partial charge in [-0.1, -0.05) is 65.7 Å². The van der Waals surface area contributed by atoms with Crippen LogP contribution in [-0.4, -0.2) is 4.83 Å². The Kier molecular flexibility index (Phi) is 3.07. The maximum atomic E-state index is 3.78. The molecule has 14 heavy (non-hydrogen) atoms. The first-order valence-corrected chi connectivity index (χ1v) is 6.15. The van der Waals surface area contributed by atoms with Gasteiger partial charge in [-0.05, 0) is 17.5 Å². The van der Waals surface area contributed by atoms with E-state index in [1.54, 1.807) is 0 Å². The number of allylic oxidation sites excluding steroid dienone is 1. The van der Waals surface area contributed by atoms with Gasteiger partial charge in [0.1, 0.15) is 0 Å². The Hall–Kier alpha value is -0.560. The number of benzene rings is 1. The smallest absolute Gasteiger partial charge is 0.0249 e. The summed E-state index contributed by atoms with van der Waals surface area (Å²) in [5, 5.41) is 0. The molecule has 0 fully saturated rings. The summed E-state index contributed by atoms with van der Waals surface area (Å²) in [7, 11) is 0. The van der Waals surface area contributed by atoms with Crippen molar-refractivity contribution in [2.75, 3.05) is 0 Å². The van der Waals surface area contributed by atoms with Gasteiger partial charge in [-0.2, -0.15) is 0 Å². The lowest BCUT2D eigenvalue weighted by atomic mass is 9.95. The van der Waals surface area contributed by atoms with Crippen LogP contribution in [0.2, 0.25) is 0 Å². The minimum absolute atomic E-state index is 0.575. The maximum Gasteiger partial charge on any atom is 0.0249 e. The molecule has 0 saturated heterocycles. The van der Waals surface area contributed by atoms with Gasteiger partial charge in [0.15, 0.2) is 0 Å². The molecule has 0 nitrogen and oxygen atoms in total. The van der Waals surface area contributed by atoms with Crippen molar-refractivity contribution >= 4 is 22.0 Å². The van der Waals surface area contributed by atoms with Crippen molar-refractivity contribution in [3.63, 3.8) is 0 Å². The van der Waals surface area contributed by atoms with E-state index >= 15 is 0 Å². The lowest BCUT2D eigenvalue weighted by Crippen LogP contribution is -2.08. The van der Waals surface area contributed by atoms with Gasteiger partial charge in [-0.3, -0.25) is 0 Å². The predicted octanol–water partition coefficient (Wildman–Crippen LogP) is 4.36. The summed E-state index contributed by atoms with van der Waals surface area (Å²) in [6.07, 6.45) is 7.04. The summed E-state index contributed by atoms with van der Waals surface area (Å²) in [5.41, 5.74) is 2.86. The summed E-state index contributed by atoms with van der Waals surface area (Å²) in [6, 6.07) is 8.67. The SMILES string of the molecule is CCCC(Br)C1C=Cc2ccccc21. The number of hydrogen-bond donors (Lipinski definition) is 0. The molecule has 1 aromatic rings. The van der Waals surface area contributed by atoms with Crippen LogP contribution in [0.15, 0.2) is 30.3 Å². The molecule has 1 aliphatic rings. The molecule has 0 heterocycles. The summed E-state index contributed by atoms with van der Waals surface area (Å²) in [4.78, 5) is 0.590.